The summed E-state index contributed by atoms with van der Waals surface area (Å²) in [7, 11) is 1.70. The van der Waals surface area contributed by atoms with E-state index >= 15 is 0 Å². The fraction of sp³-hybridized carbons (Fsp3) is 0.308. The van der Waals surface area contributed by atoms with Gasteiger partial charge in [-0.15, -0.1) is 0 Å². The molecule has 1 unspecified atom stereocenters. The summed E-state index contributed by atoms with van der Waals surface area (Å²) in [6.45, 7) is 1.05. The molecule has 0 N–H and O–H groups in total. The summed E-state index contributed by atoms with van der Waals surface area (Å²) >= 11 is 1.84. The van der Waals surface area contributed by atoms with Crippen LogP contribution >= 0.6 is 11.8 Å². The Balaban J connectivity index is 1.81. The molecule has 2 heterocycles. The average Bonchev–Trinajstić information content (AvgIpc) is 2.86. The summed E-state index contributed by atoms with van der Waals surface area (Å²) in [6, 6.07) is 8.35. The number of methoxy groups -OCH3 is 1. The lowest BCUT2D eigenvalue weighted by molar-refractivity contribution is 0.414. The maximum atomic E-state index is 5.18. The van der Waals surface area contributed by atoms with Crippen LogP contribution in [-0.4, -0.2) is 16.7 Å². The molecule has 0 spiro atoms. The minimum Gasteiger partial charge on any atom is -0.497 e. The van der Waals surface area contributed by atoms with Crippen LogP contribution in [0.25, 0.3) is 0 Å². The molecule has 1 aromatic heterocycles. The molecular formula is C13H14N2OS. The number of benzene rings is 1. The van der Waals surface area contributed by atoms with E-state index in [0.717, 1.165) is 23.9 Å². The molecule has 3 rings (SSSR count). The minimum absolute atomic E-state index is 0.510. The summed E-state index contributed by atoms with van der Waals surface area (Å²) in [4.78, 5) is 4.37. The van der Waals surface area contributed by atoms with Crippen LogP contribution < -0.4 is 4.74 Å². The summed E-state index contributed by atoms with van der Waals surface area (Å²) < 4.78 is 7.39. The van der Waals surface area contributed by atoms with Gasteiger partial charge < -0.3 is 9.30 Å². The van der Waals surface area contributed by atoms with Crippen LogP contribution in [0.2, 0.25) is 0 Å². The molecule has 17 heavy (non-hydrogen) atoms. The quantitative estimate of drug-likeness (QED) is 0.814. The molecule has 0 saturated heterocycles. The first-order valence-corrected chi connectivity index (χ1v) is 6.56. The van der Waals surface area contributed by atoms with Crippen molar-refractivity contribution in [3.05, 3.63) is 42.2 Å². The van der Waals surface area contributed by atoms with Crippen LogP contribution in [0.1, 0.15) is 17.2 Å². The number of thioether (sulfide) groups is 1. The summed E-state index contributed by atoms with van der Waals surface area (Å²) in [6.07, 6.45) is 5.08. The number of hydrogen-bond acceptors (Lipinski definition) is 3. The van der Waals surface area contributed by atoms with Gasteiger partial charge in [-0.1, -0.05) is 23.9 Å². The van der Waals surface area contributed by atoms with E-state index in [1.165, 1.54) is 5.56 Å². The zero-order valence-corrected chi connectivity index (χ0v) is 10.5. The summed E-state index contributed by atoms with van der Waals surface area (Å²) in [5, 5.41) is 1.63. The van der Waals surface area contributed by atoms with Gasteiger partial charge in [0.25, 0.3) is 0 Å². The number of ether oxygens (including phenoxy) is 1. The highest BCUT2D eigenvalue weighted by Gasteiger charge is 2.21. The van der Waals surface area contributed by atoms with Gasteiger partial charge in [0.2, 0.25) is 0 Å². The maximum absolute atomic E-state index is 5.18. The average molecular weight is 246 g/mol. The number of rotatable bonds is 2. The molecule has 0 radical (unpaired) electrons. The van der Waals surface area contributed by atoms with E-state index in [9.17, 15) is 0 Å². The van der Waals surface area contributed by atoms with Gasteiger partial charge in [-0.2, -0.15) is 0 Å². The highest BCUT2D eigenvalue weighted by Crippen LogP contribution is 2.41. The Bertz CT molecular complexity index is 506. The van der Waals surface area contributed by atoms with Crippen LogP contribution in [0.3, 0.4) is 0 Å². The van der Waals surface area contributed by atoms with Crippen molar-refractivity contribution in [2.45, 2.75) is 23.4 Å². The number of nitrogens with zero attached hydrogens (tertiary/aromatic N) is 2. The number of imidazole rings is 1. The van der Waals surface area contributed by atoms with Crippen molar-refractivity contribution in [2.75, 3.05) is 7.11 Å². The van der Waals surface area contributed by atoms with Crippen LogP contribution in [0, 0.1) is 0 Å². The zero-order chi connectivity index (χ0) is 11.7. The molecule has 0 saturated carbocycles. The lowest BCUT2D eigenvalue weighted by atomic mass is 10.1. The van der Waals surface area contributed by atoms with Crippen molar-refractivity contribution in [1.82, 2.24) is 9.55 Å². The van der Waals surface area contributed by atoms with Crippen molar-refractivity contribution in [1.29, 1.82) is 0 Å². The second kappa shape index (κ2) is 4.45. The predicted octanol–water partition coefficient (Wildman–Crippen LogP) is 3.13. The topological polar surface area (TPSA) is 27.1 Å². The SMILES string of the molecule is COc1ccc(C2CCn3ccnc3S2)cc1. The largest absolute Gasteiger partial charge is 0.497 e. The summed E-state index contributed by atoms with van der Waals surface area (Å²) in [5.74, 6) is 0.913. The molecule has 1 aliphatic rings. The van der Waals surface area contributed by atoms with Crippen molar-refractivity contribution in [3.8, 4) is 5.75 Å². The smallest absolute Gasteiger partial charge is 0.168 e. The van der Waals surface area contributed by atoms with Crippen molar-refractivity contribution < 1.29 is 4.74 Å². The molecule has 1 aromatic carbocycles. The van der Waals surface area contributed by atoms with E-state index in [2.05, 4.69) is 21.7 Å². The van der Waals surface area contributed by atoms with E-state index in [1.54, 1.807) is 7.11 Å². The Morgan fingerprint density at radius 3 is 2.94 bits per heavy atom. The summed E-state index contributed by atoms with van der Waals surface area (Å²) in [5.41, 5.74) is 1.35. The van der Waals surface area contributed by atoms with Crippen LogP contribution in [0.4, 0.5) is 0 Å². The highest BCUT2D eigenvalue weighted by molar-refractivity contribution is 7.99. The highest BCUT2D eigenvalue weighted by atomic mass is 32.2. The minimum atomic E-state index is 0.510. The van der Waals surface area contributed by atoms with Gasteiger partial charge in [0.05, 0.1) is 7.11 Å². The van der Waals surface area contributed by atoms with Gasteiger partial charge in [-0.05, 0) is 24.1 Å². The van der Waals surface area contributed by atoms with Crippen LogP contribution in [0.5, 0.6) is 5.75 Å². The lowest BCUT2D eigenvalue weighted by Gasteiger charge is -2.22. The van der Waals surface area contributed by atoms with Gasteiger partial charge in [0.15, 0.2) is 5.16 Å². The van der Waals surface area contributed by atoms with Crippen molar-refractivity contribution in [2.24, 2.45) is 0 Å². The Kier molecular flexibility index (Phi) is 2.81. The molecule has 3 nitrogen and oxygen atoms in total. The molecule has 0 bridgehead atoms. The van der Waals surface area contributed by atoms with Crippen LogP contribution in [-0.2, 0) is 6.54 Å². The van der Waals surface area contributed by atoms with E-state index in [0.29, 0.717) is 5.25 Å². The molecule has 2 aromatic rings. The molecule has 1 atom stereocenters. The molecule has 4 heteroatoms. The number of aryl methyl sites for hydroxylation is 1. The predicted molar refractivity (Wildman–Crippen MR) is 68.4 cm³/mol. The maximum Gasteiger partial charge on any atom is 0.168 e. The zero-order valence-electron chi connectivity index (χ0n) is 9.67. The van der Waals surface area contributed by atoms with Gasteiger partial charge >= 0.3 is 0 Å². The van der Waals surface area contributed by atoms with Gasteiger partial charge in [0, 0.05) is 24.2 Å². The number of fused-ring (bicyclic) bond motifs is 1. The molecule has 0 amide bonds. The van der Waals surface area contributed by atoms with Crippen LogP contribution in [0.15, 0.2) is 41.8 Å². The van der Waals surface area contributed by atoms with E-state index in [4.69, 9.17) is 4.74 Å². The lowest BCUT2D eigenvalue weighted by Crippen LogP contribution is -2.10. The first kappa shape index (κ1) is 10.7. The Morgan fingerprint density at radius 1 is 1.35 bits per heavy atom. The fourth-order valence-electron chi connectivity index (χ4n) is 2.08. The van der Waals surface area contributed by atoms with E-state index < -0.39 is 0 Å². The van der Waals surface area contributed by atoms with E-state index in [-0.39, 0.29) is 0 Å². The van der Waals surface area contributed by atoms with Crippen molar-refractivity contribution in [3.63, 3.8) is 0 Å². The first-order valence-electron chi connectivity index (χ1n) is 5.68. The first-order chi connectivity index (χ1) is 8.36. The van der Waals surface area contributed by atoms with Gasteiger partial charge in [-0.3, -0.25) is 0 Å². The second-order valence-electron chi connectivity index (χ2n) is 4.07. The Labute approximate surface area is 105 Å². The standard InChI is InChI=1S/C13H14N2OS/c1-16-11-4-2-10(3-5-11)12-6-8-15-9-7-14-13(15)17-12/h2-5,7,9,12H,6,8H2,1H3. The monoisotopic (exact) mass is 246 g/mol. The molecular weight excluding hydrogens is 232 g/mol. The van der Waals surface area contributed by atoms with Gasteiger partial charge in [-0.25, -0.2) is 4.98 Å². The third kappa shape index (κ3) is 2.05. The van der Waals surface area contributed by atoms with Gasteiger partial charge in [0.1, 0.15) is 5.75 Å². The normalized spacial score (nSPS) is 18.8. The third-order valence-corrected chi connectivity index (χ3v) is 4.39. The third-order valence-electron chi connectivity index (χ3n) is 3.04. The molecule has 0 fully saturated rings. The number of hydrogen-bond donors (Lipinski definition) is 0. The fourth-order valence-corrected chi connectivity index (χ4v) is 3.26. The molecule has 0 aliphatic carbocycles. The Hall–Kier alpha value is -1.42. The second-order valence-corrected chi connectivity index (χ2v) is 5.24. The van der Waals surface area contributed by atoms with E-state index in [1.807, 2.05) is 36.3 Å². The number of aromatic nitrogens is 2. The molecule has 88 valence electrons. The Morgan fingerprint density at radius 2 is 2.18 bits per heavy atom. The van der Waals surface area contributed by atoms with Crippen molar-refractivity contribution >= 4 is 11.8 Å². The molecule has 1 aliphatic heterocycles.